The van der Waals surface area contributed by atoms with Gasteiger partial charge in [-0.2, -0.15) is 5.10 Å². The maximum absolute atomic E-state index is 12.3. The molecule has 0 unspecified atom stereocenters. The zero-order valence-electron chi connectivity index (χ0n) is 13.5. The molecule has 3 rings (SSSR count). The number of ether oxygens (including phenoxy) is 2. The molecule has 8 nitrogen and oxygen atoms in total. The van der Waals surface area contributed by atoms with Gasteiger partial charge in [0.05, 0.1) is 32.5 Å². The summed E-state index contributed by atoms with van der Waals surface area (Å²) < 4.78 is 12.7. The van der Waals surface area contributed by atoms with Crippen molar-refractivity contribution in [1.29, 1.82) is 0 Å². The Morgan fingerprint density at radius 2 is 2.22 bits per heavy atom. The molecule has 1 amide bonds. The third-order valence-corrected chi connectivity index (χ3v) is 4.24. The molecule has 1 aromatic heterocycles. The molecule has 2 N–H and O–H groups in total. The summed E-state index contributed by atoms with van der Waals surface area (Å²) in [6.45, 7) is 8.51. The van der Waals surface area contributed by atoms with Crippen molar-refractivity contribution in [3.05, 3.63) is 12.3 Å². The van der Waals surface area contributed by atoms with Gasteiger partial charge >= 0.3 is 0 Å². The Morgan fingerprint density at radius 1 is 1.39 bits per heavy atom. The number of hydrogen-bond donors (Lipinski definition) is 2. The summed E-state index contributed by atoms with van der Waals surface area (Å²) in [5, 5.41) is 10.4. The van der Waals surface area contributed by atoms with Gasteiger partial charge in [-0.05, 0) is 6.92 Å². The molecule has 0 aliphatic carbocycles. The lowest BCUT2D eigenvalue weighted by Crippen LogP contribution is -2.53. The fourth-order valence-electron chi connectivity index (χ4n) is 2.85. The van der Waals surface area contributed by atoms with Crippen molar-refractivity contribution >= 4 is 11.7 Å². The summed E-state index contributed by atoms with van der Waals surface area (Å²) in [5.41, 5.74) is 0. The number of carbonyl (C=O) groups excluding carboxylic acids is 1. The highest BCUT2D eigenvalue weighted by Crippen LogP contribution is 2.09. The number of carbonyl (C=O) groups is 1. The van der Waals surface area contributed by atoms with Crippen LogP contribution < -0.4 is 10.6 Å². The molecule has 0 aromatic carbocycles. The van der Waals surface area contributed by atoms with Crippen molar-refractivity contribution in [1.82, 2.24) is 20.0 Å². The number of anilines is 1. The van der Waals surface area contributed by atoms with Crippen LogP contribution in [0.3, 0.4) is 0 Å². The summed E-state index contributed by atoms with van der Waals surface area (Å²) >= 11 is 0. The molecule has 2 aliphatic rings. The van der Waals surface area contributed by atoms with Gasteiger partial charge in [0.25, 0.3) is 0 Å². The van der Waals surface area contributed by atoms with Gasteiger partial charge in [-0.25, -0.2) is 0 Å². The van der Waals surface area contributed by atoms with E-state index in [1.807, 2.05) is 23.9 Å². The van der Waals surface area contributed by atoms with Crippen LogP contribution in [0, 0.1) is 0 Å². The molecule has 23 heavy (non-hydrogen) atoms. The Morgan fingerprint density at radius 3 is 3.00 bits per heavy atom. The summed E-state index contributed by atoms with van der Waals surface area (Å²) in [4.78, 5) is 14.6. The summed E-state index contributed by atoms with van der Waals surface area (Å²) in [5.74, 6) is 0.479. The van der Waals surface area contributed by atoms with Gasteiger partial charge in [0.1, 0.15) is 6.04 Å². The highest BCUT2D eigenvalue weighted by Gasteiger charge is 2.28. The molecule has 0 spiro atoms. The first-order valence-corrected chi connectivity index (χ1v) is 8.22. The Balaban J connectivity index is 1.47. The van der Waals surface area contributed by atoms with E-state index in [4.69, 9.17) is 9.47 Å². The van der Waals surface area contributed by atoms with Crippen LogP contribution in [0.15, 0.2) is 12.3 Å². The SMILES string of the molecule is C[C@H]1OCCN[C@@H]1C(=O)Nc1ccn(CCN2CCOCC2)n1. The second kappa shape index (κ2) is 7.87. The number of rotatable bonds is 5. The number of hydrogen-bond acceptors (Lipinski definition) is 6. The fourth-order valence-corrected chi connectivity index (χ4v) is 2.85. The molecular formula is C15H25N5O3. The minimum Gasteiger partial charge on any atom is -0.379 e. The van der Waals surface area contributed by atoms with Crippen molar-refractivity contribution < 1.29 is 14.3 Å². The average molecular weight is 323 g/mol. The summed E-state index contributed by atoms with van der Waals surface area (Å²) in [7, 11) is 0. The van der Waals surface area contributed by atoms with Crippen LogP contribution in [0.4, 0.5) is 5.82 Å². The predicted molar refractivity (Wildman–Crippen MR) is 85.3 cm³/mol. The Labute approximate surface area is 136 Å². The first-order chi connectivity index (χ1) is 11.2. The molecule has 3 heterocycles. The number of nitrogens with zero attached hydrogens (tertiary/aromatic N) is 3. The second-order valence-electron chi connectivity index (χ2n) is 5.92. The van der Waals surface area contributed by atoms with Gasteiger partial charge < -0.3 is 20.1 Å². The molecular weight excluding hydrogens is 298 g/mol. The quantitative estimate of drug-likeness (QED) is 0.763. The van der Waals surface area contributed by atoms with Crippen LogP contribution in [0.2, 0.25) is 0 Å². The van der Waals surface area contributed by atoms with E-state index in [0.717, 1.165) is 39.4 Å². The molecule has 2 saturated heterocycles. The van der Waals surface area contributed by atoms with Crippen LogP contribution in [-0.4, -0.2) is 78.7 Å². The maximum Gasteiger partial charge on any atom is 0.245 e. The first kappa shape index (κ1) is 16.4. The van der Waals surface area contributed by atoms with Crippen molar-refractivity contribution in [3.8, 4) is 0 Å². The lowest BCUT2D eigenvalue weighted by Gasteiger charge is -2.28. The molecule has 0 bridgehead atoms. The van der Waals surface area contributed by atoms with Crippen molar-refractivity contribution in [2.24, 2.45) is 0 Å². The van der Waals surface area contributed by atoms with Gasteiger partial charge in [0.15, 0.2) is 5.82 Å². The predicted octanol–water partition coefficient (Wildman–Crippen LogP) is -0.469. The highest BCUT2D eigenvalue weighted by molar-refractivity contribution is 5.94. The number of morpholine rings is 2. The van der Waals surface area contributed by atoms with E-state index in [1.165, 1.54) is 0 Å². The van der Waals surface area contributed by atoms with Crippen LogP contribution in [-0.2, 0) is 20.8 Å². The van der Waals surface area contributed by atoms with E-state index in [1.54, 1.807) is 0 Å². The van der Waals surface area contributed by atoms with E-state index in [2.05, 4.69) is 20.6 Å². The van der Waals surface area contributed by atoms with Gasteiger partial charge in [-0.3, -0.25) is 14.4 Å². The minimum absolute atomic E-state index is 0.101. The van der Waals surface area contributed by atoms with Crippen LogP contribution in [0.5, 0.6) is 0 Å². The van der Waals surface area contributed by atoms with Crippen LogP contribution >= 0.6 is 0 Å². The smallest absolute Gasteiger partial charge is 0.245 e. The van der Waals surface area contributed by atoms with Gasteiger partial charge in [-0.1, -0.05) is 0 Å². The third kappa shape index (κ3) is 4.51. The minimum atomic E-state index is -0.331. The largest absolute Gasteiger partial charge is 0.379 e. The lowest BCUT2D eigenvalue weighted by molar-refractivity contribution is -0.123. The molecule has 8 heteroatoms. The molecule has 128 valence electrons. The monoisotopic (exact) mass is 323 g/mol. The molecule has 2 atom stereocenters. The Hall–Kier alpha value is -1.48. The fraction of sp³-hybridized carbons (Fsp3) is 0.733. The molecule has 0 saturated carbocycles. The second-order valence-corrected chi connectivity index (χ2v) is 5.92. The Kier molecular flexibility index (Phi) is 5.60. The number of aromatic nitrogens is 2. The maximum atomic E-state index is 12.3. The van der Waals surface area contributed by atoms with Crippen molar-refractivity contribution in [2.45, 2.75) is 25.6 Å². The van der Waals surface area contributed by atoms with E-state index in [-0.39, 0.29) is 18.1 Å². The van der Waals surface area contributed by atoms with Gasteiger partial charge in [-0.15, -0.1) is 0 Å². The standard InChI is InChI=1S/C15H25N5O3/c1-12-14(16-3-9-23-12)15(21)17-13-2-4-20(18-13)6-5-19-7-10-22-11-8-19/h2,4,12,14,16H,3,5-11H2,1H3,(H,17,18,21)/t12-,14+/m1/s1. The Bertz CT molecular complexity index is 515. The molecule has 2 fully saturated rings. The van der Waals surface area contributed by atoms with Crippen molar-refractivity contribution in [2.75, 3.05) is 51.3 Å². The first-order valence-electron chi connectivity index (χ1n) is 8.22. The van der Waals surface area contributed by atoms with Gasteiger partial charge in [0.2, 0.25) is 5.91 Å². The average Bonchev–Trinajstić information content (AvgIpc) is 3.02. The molecule has 0 radical (unpaired) electrons. The summed E-state index contributed by atoms with van der Waals surface area (Å²) in [6, 6.07) is 1.49. The van der Waals surface area contributed by atoms with E-state index in [0.29, 0.717) is 19.0 Å². The van der Waals surface area contributed by atoms with E-state index in [9.17, 15) is 4.79 Å². The van der Waals surface area contributed by atoms with E-state index >= 15 is 0 Å². The summed E-state index contributed by atoms with van der Waals surface area (Å²) in [6.07, 6.45) is 1.76. The van der Waals surface area contributed by atoms with Crippen molar-refractivity contribution in [3.63, 3.8) is 0 Å². The number of amides is 1. The van der Waals surface area contributed by atoms with Crippen LogP contribution in [0.25, 0.3) is 0 Å². The molecule has 2 aliphatic heterocycles. The van der Waals surface area contributed by atoms with Gasteiger partial charge in [0, 0.05) is 38.4 Å². The zero-order chi connectivity index (χ0) is 16.1. The highest BCUT2D eigenvalue weighted by atomic mass is 16.5. The van der Waals surface area contributed by atoms with E-state index < -0.39 is 0 Å². The van der Waals surface area contributed by atoms with Crippen LogP contribution in [0.1, 0.15) is 6.92 Å². The third-order valence-electron chi connectivity index (χ3n) is 4.24. The molecule has 1 aromatic rings. The topological polar surface area (TPSA) is 80.7 Å². The lowest BCUT2D eigenvalue weighted by atomic mass is 10.1. The normalized spacial score (nSPS) is 26.1. The number of nitrogens with one attached hydrogen (secondary N) is 2. The zero-order valence-corrected chi connectivity index (χ0v) is 13.5.